The van der Waals surface area contributed by atoms with Gasteiger partial charge in [-0.15, -0.1) is 0 Å². The third kappa shape index (κ3) is 3.32. The van der Waals surface area contributed by atoms with Gasteiger partial charge >= 0.3 is 0 Å². The van der Waals surface area contributed by atoms with Crippen LogP contribution in [-0.2, 0) is 6.54 Å². The van der Waals surface area contributed by atoms with Crippen LogP contribution in [0.15, 0.2) is 30.3 Å². The fraction of sp³-hybridized carbons (Fsp3) is 0.571. The molecule has 2 N–H and O–H groups in total. The van der Waals surface area contributed by atoms with E-state index in [2.05, 4.69) is 17.4 Å². The number of rotatable bonds is 4. The monoisotopic (exact) mass is 219 g/mol. The minimum absolute atomic E-state index is 0.451. The van der Waals surface area contributed by atoms with Crippen molar-refractivity contribution in [2.45, 2.75) is 44.2 Å². The summed E-state index contributed by atoms with van der Waals surface area (Å²) in [5, 5.41) is 13.6. The minimum atomic E-state index is -0.451. The Labute approximate surface area is 97.7 Å². The molecule has 16 heavy (non-hydrogen) atoms. The number of nitrogens with one attached hydrogen (secondary N) is 1. The average Bonchev–Trinajstić information content (AvgIpc) is 2.31. The van der Waals surface area contributed by atoms with E-state index in [-0.39, 0.29) is 0 Å². The molecule has 1 saturated carbocycles. The van der Waals surface area contributed by atoms with Crippen LogP contribution in [0, 0.1) is 0 Å². The molecule has 1 aromatic rings. The van der Waals surface area contributed by atoms with Crippen molar-refractivity contribution in [3.63, 3.8) is 0 Å². The lowest BCUT2D eigenvalue weighted by Crippen LogP contribution is -2.41. The largest absolute Gasteiger partial charge is 0.389 e. The molecule has 1 aliphatic rings. The Morgan fingerprint density at radius 1 is 1.06 bits per heavy atom. The average molecular weight is 219 g/mol. The van der Waals surface area contributed by atoms with Crippen molar-refractivity contribution in [3.8, 4) is 0 Å². The number of aliphatic hydroxyl groups is 1. The molecule has 2 nitrogen and oxygen atoms in total. The van der Waals surface area contributed by atoms with Gasteiger partial charge in [-0.25, -0.2) is 0 Å². The van der Waals surface area contributed by atoms with Gasteiger partial charge in [0.05, 0.1) is 5.60 Å². The normalized spacial score (nSPS) is 19.6. The van der Waals surface area contributed by atoms with E-state index in [9.17, 15) is 5.11 Å². The molecule has 1 aliphatic carbocycles. The molecular formula is C14H21NO. The lowest BCUT2D eigenvalue weighted by atomic mass is 9.85. The summed E-state index contributed by atoms with van der Waals surface area (Å²) < 4.78 is 0. The van der Waals surface area contributed by atoms with Crippen molar-refractivity contribution >= 4 is 0 Å². The Morgan fingerprint density at radius 3 is 2.44 bits per heavy atom. The first-order valence-electron chi connectivity index (χ1n) is 6.26. The second kappa shape index (κ2) is 5.46. The molecule has 0 bridgehead atoms. The van der Waals surface area contributed by atoms with Gasteiger partial charge in [0, 0.05) is 13.1 Å². The Morgan fingerprint density at radius 2 is 1.75 bits per heavy atom. The smallest absolute Gasteiger partial charge is 0.0771 e. The Balaban J connectivity index is 1.75. The fourth-order valence-corrected chi connectivity index (χ4v) is 2.42. The molecular weight excluding hydrogens is 198 g/mol. The summed E-state index contributed by atoms with van der Waals surface area (Å²) in [5.74, 6) is 0. The van der Waals surface area contributed by atoms with Crippen LogP contribution in [0.4, 0.5) is 0 Å². The SMILES string of the molecule is OC1(CNCc2ccccc2)CCCCC1. The summed E-state index contributed by atoms with van der Waals surface area (Å²) in [4.78, 5) is 0. The first-order valence-corrected chi connectivity index (χ1v) is 6.26. The van der Waals surface area contributed by atoms with Crippen molar-refractivity contribution in [2.75, 3.05) is 6.54 Å². The molecule has 0 unspecified atom stereocenters. The molecule has 0 spiro atoms. The second-order valence-electron chi connectivity index (χ2n) is 4.87. The molecule has 1 fully saturated rings. The van der Waals surface area contributed by atoms with Crippen molar-refractivity contribution in [2.24, 2.45) is 0 Å². The van der Waals surface area contributed by atoms with E-state index < -0.39 is 5.60 Å². The Bertz CT molecular complexity index is 304. The summed E-state index contributed by atoms with van der Waals surface area (Å²) in [7, 11) is 0. The maximum Gasteiger partial charge on any atom is 0.0771 e. The number of hydrogen-bond acceptors (Lipinski definition) is 2. The van der Waals surface area contributed by atoms with Crippen LogP contribution in [-0.4, -0.2) is 17.3 Å². The van der Waals surface area contributed by atoms with Gasteiger partial charge in [-0.2, -0.15) is 0 Å². The molecule has 0 amide bonds. The highest BCUT2D eigenvalue weighted by Gasteiger charge is 2.28. The van der Waals surface area contributed by atoms with Gasteiger partial charge in [0.1, 0.15) is 0 Å². The van der Waals surface area contributed by atoms with Crippen molar-refractivity contribution in [3.05, 3.63) is 35.9 Å². The van der Waals surface area contributed by atoms with Gasteiger partial charge in [0.25, 0.3) is 0 Å². The van der Waals surface area contributed by atoms with Gasteiger partial charge in [-0.1, -0.05) is 49.6 Å². The molecule has 1 aromatic carbocycles. The quantitative estimate of drug-likeness (QED) is 0.815. The Kier molecular flexibility index (Phi) is 3.97. The zero-order valence-corrected chi connectivity index (χ0v) is 9.78. The number of hydrogen-bond donors (Lipinski definition) is 2. The number of benzene rings is 1. The lowest BCUT2D eigenvalue weighted by Gasteiger charge is -2.32. The predicted molar refractivity (Wildman–Crippen MR) is 66.2 cm³/mol. The van der Waals surface area contributed by atoms with Gasteiger partial charge < -0.3 is 10.4 Å². The van der Waals surface area contributed by atoms with E-state index in [0.717, 1.165) is 25.9 Å². The fourth-order valence-electron chi connectivity index (χ4n) is 2.42. The topological polar surface area (TPSA) is 32.3 Å². The van der Waals surface area contributed by atoms with Crippen molar-refractivity contribution in [1.82, 2.24) is 5.32 Å². The molecule has 88 valence electrons. The molecule has 0 saturated heterocycles. The maximum absolute atomic E-state index is 10.3. The third-order valence-electron chi connectivity index (χ3n) is 3.41. The van der Waals surface area contributed by atoms with E-state index >= 15 is 0 Å². The van der Waals surface area contributed by atoms with Gasteiger partial charge in [-0.05, 0) is 18.4 Å². The highest BCUT2D eigenvalue weighted by Crippen LogP contribution is 2.27. The van der Waals surface area contributed by atoms with Crippen molar-refractivity contribution in [1.29, 1.82) is 0 Å². The van der Waals surface area contributed by atoms with E-state index in [1.54, 1.807) is 0 Å². The first kappa shape index (κ1) is 11.6. The van der Waals surface area contributed by atoms with Crippen LogP contribution >= 0.6 is 0 Å². The van der Waals surface area contributed by atoms with Crippen molar-refractivity contribution < 1.29 is 5.11 Å². The minimum Gasteiger partial charge on any atom is -0.389 e. The van der Waals surface area contributed by atoms with E-state index in [1.807, 2.05) is 18.2 Å². The van der Waals surface area contributed by atoms with E-state index in [4.69, 9.17) is 0 Å². The Hall–Kier alpha value is -0.860. The van der Waals surface area contributed by atoms with Crippen LogP contribution in [0.2, 0.25) is 0 Å². The molecule has 2 heteroatoms. The molecule has 0 radical (unpaired) electrons. The van der Waals surface area contributed by atoms with Crippen LogP contribution in [0.3, 0.4) is 0 Å². The first-order chi connectivity index (χ1) is 7.79. The lowest BCUT2D eigenvalue weighted by molar-refractivity contribution is 0.00468. The highest BCUT2D eigenvalue weighted by molar-refractivity contribution is 5.14. The summed E-state index contributed by atoms with van der Waals surface area (Å²) in [6.45, 7) is 1.57. The molecule has 0 atom stereocenters. The third-order valence-corrected chi connectivity index (χ3v) is 3.41. The van der Waals surface area contributed by atoms with E-state index in [1.165, 1.54) is 24.8 Å². The molecule has 0 aliphatic heterocycles. The second-order valence-corrected chi connectivity index (χ2v) is 4.87. The summed E-state index contributed by atoms with van der Waals surface area (Å²) >= 11 is 0. The molecule has 0 heterocycles. The van der Waals surface area contributed by atoms with Gasteiger partial charge in [0.2, 0.25) is 0 Å². The molecule has 2 rings (SSSR count). The zero-order chi connectivity index (χ0) is 11.3. The van der Waals surface area contributed by atoms with Crippen LogP contribution in [0.25, 0.3) is 0 Å². The standard InChI is InChI=1S/C14H21NO/c16-14(9-5-2-6-10-14)12-15-11-13-7-3-1-4-8-13/h1,3-4,7-8,15-16H,2,5-6,9-12H2. The summed E-state index contributed by atoms with van der Waals surface area (Å²) in [6.07, 6.45) is 5.53. The maximum atomic E-state index is 10.3. The molecule has 0 aromatic heterocycles. The van der Waals surface area contributed by atoms with Crippen LogP contribution in [0.5, 0.6) is 0 Å². The van der Waals surface area contributed by atoms with Gasteiger partial charge in [0.15, 0.2) is 0 Å². The van der Waals surface area contributed by atoms with Crippen LogP contribution in [0.1, 0.15) is 37.7 Å². The summed E-state index contributed by atoms with van der Waals surface area (Å²) in [5.41, 5.74) is 0.828. The van der Waals surface area contributed by atoms with E-state index in [0.29, 0.717) is 0 Å². The van der Waals surface area contributed by atoms with Gasteiger partial charge in [-0.3, -0.25) is 0 Å². The predicted octanol–water partition coefficient (Wildman–Crippen LogP) is 2.47. The summed E-state index contributed by atoms with van der Waals surface area (Å²) in [6, 6.07) is 10.3. The van der Waals surface area contributed by atoms with Crippen LogP contribution < -0.4 is 5.32 Å². The zero-order valence-electron chi connectivity index (χ0n) is 9.78. The highest BCUT2D eigenvalue weighted by atomic mass is 16.3.